The fourth-order valence-electron chi connectivity index (χ4n) is 3.89. The standard InChI is InChI=1S/C22H26F2N4.C6H8O7/c1-26(2)19-9-7-18(8-10-19)15-28(13-4-12-27-14-11-25-17-27)16-20-21(23)5-3-6-22(20)24;7-3(8)1-6(13,5(11)12)2-4(9)10/h3,5-11,14,17H,4,12-13,15-16H2,1-2H3;13H,1-2H2,(H,7,8)(H,9,10)(H,11,12). The molecule has 2 aromatic carbocycles. The zero-order valence-corrected chi connectivity index (χ0v) is 22.8. The minimum absolute atomic E-state index is 0.120. The molecule has 0 unspecified atom stereocenters. The summed E-state index contributed by atoms with van der Waals surface area (Å²) in [6.07, 6.45) is 4.02. The second-order valence-corrected chi connectivity index (χ2v) is 9.60. The third-order valence-electron chi connectivity index (χ3n) is 6.04. The first kappa shape index (κ1) is 32.8. The molecule has 0 spiro atoms. The number of imidazole rings is 1. The van der Waals surface area contributed by atoms with Crippen molar-refractivity contribution in [3.8, 4) is 0 Å². The summed E-state index contributed by atoms with van der Waals surface area (Å²) in [6.45, 7) is 2.40. The summed E-state index contributed by atoms with van der Waals surface area (Å²) >= 11 is 0. The van der Waals surface area contributed by atoms with E-state index in [4.69, 9.17) is 20.4 Å². The minimum Gasteiger partial charge on any atom is -0.481 e. The second-order valence-electron chi connectivity index (χ2n) is 9.60. The van der Waals surface area contributed by atoms with E-state index in [0.29, 0.717) is 6.54 Å². The fourth-order valence-corrected chi connectivity index (χ4v) is 3.89. The molecule has 11 nitrogen and oxygen atoms in total. The summed E-state index contributed by atoms with van der Waals surface area (Å²) in [4.78, 5) is 38.7. The molecule has 0 atom stereocenters. The maximum atomic E-state index is 14.2. The largest absolute Gasteiger partial charge is 0.481 e. The maximum absolute atomic E-state index is 14.2. The summed E-state index contributed by atoms with van der Waals surface area (Å²) in [5.41, 5.74) is -0.381. The van der Waals surface area contributed by atoms with Crippen LogP contribution in [0.25, 0.3) is 0 Å². The SMILES string of the molecule is CN(C)c1ccc(CN(CCCn2ccnc2)Cc2c(F)cccc2F)cc1.O=C(O)CC(O)(CC(=O)O)C(=O)O. The summed E-state index contributed by atoms with van der Waals surface area (Å²) in [7, 11) is 4.00. The van der Waals surface area contributed by atoms with Gasteiger partial charge in [-0.15, -0.1) is 0 Å². The van der Waals surface area contributed by atoms with Crippen molar-refractivity contribution in [3.05, 3.63) is 83.9 Å². The van der Waals surface area contributed by atoms with Crippen molar-refractivity contribution in [2.45, 2.75) is 44.5 Å². The predicted octanol–water partition coefficient (Wildman–Crippen LogP) is 3.07. The Morgan fingerprint density at radius 1 is 0.927 bits per heavy atom. The Kier molecular flexibility index (Phi) is 12.4. The van der Waals surface area contributed by atoms with Crippen LogP contribution < -0.4 is 4.90 Å². The Morgan fingerprint density at radius 2 is 1.51 bits per heavy atom. The van der Waals surface area contributed by atoms with Gasteiger partial charge in [0, 0.05) is 63.9 Å². The smallest absolute Gasteiger partial charge is 0.336 e. The number of hydrogen-bond acceptors (Lipinski definition) is 7. The number of carboxylic acids is 3. The minimum atomic E-state index is -2.74. The summed E-state index contributed by atoms with van der Waals surface area (Å²) in [6, 6.07) is 12.3. The molecule has 3 aromatic rings. The van der Waals surface area contributed by atoms with Crippen molar-refractivity contribution in [3.63, 3.8) is 0 Å². The molecule has 0 radical (unpaired) electrons. The van der Waals surface area contributed by atoms with Crippen molar-refractivity contribution in [2.24, 2.45) is 0 Å². The van der Waals surface area contributed by atoms with Crippen LogP contribution in [0.15, 0.2) is 61.2 Å². The van der Waals surface area contributed by atoms with Gasteiger partial charge in [0.1, 0.15) is 11.6 Å². The van der Waals surface area contributed by atoms with E-state index in [1.807, 2.05) is 29.8 Å². The third-order valence-corrected chi connectivity index (χ3v) is 6.04. The summed E-state index contributed by atoms with van der Waals surface area (Å²) < 4.78 is 30.3. The number of benzene rings is 2. The molecule has 0 saturated heterocycles. The molecular weight excluding hydrogens is 542 g/mol. The number of hydrogen-bond donors (Lipinski definition) is 4. The molecule has 41 heavy (non-hydrogen) atoms. The molecule has 0 aliphatic carbocycles. The monoisotopic (exact) mass is 576 g/mol. The molecule has 1 heterocycles. The molecule has 0 bridgehead atoms. The average Bonchev–Trinajstić information content (AvgIpc) is 3.39. The molecule has 0 fully saturated rings. The average molecular weight is 577 g/mol. The van der Waals surface area contributed by atoms with Gasteiger partial charge in [-0.05, 0) is 36.2 Å². The van der Waals surface area contributed by atoms with E-state index >= 15 is 0 Å². The predicted molar refractivity (Wildman–Crippen MR) is 145 cm³/mol. The molecule has 1 aromatic heterocycles. The number of nitrogens with zero attached hydrogens (tertiary/aromatic N) is 4. The Bertz CT molecular complexity index is 1250. The Balaban J connectivity index is 0.000000383. The van der Waals surface area contributed by atoms with Crippen molar-refractivity contribution in [1.82, 2.24) is 14.5 Å². The number of rotatable bonds is 14. The van der Waals surface area contributed by atoms with Crippen LogP contribution in [0.2, 0.25) is 0 Å². The molecule has 4 N–H and O–H groups in total. The van der Waals surface area contributed by atoms with Crippen LogP contribution in [0.3, 0.4) is 0 Å². The van der Waals surface area contributed by atoms with Gasteiger partial charge in [0.05, 0.1) is 19.2 Å². The molecule has 0 aliphatic heterocycles. The van der Waals surface area contributed by atoms with E-state index in [0.717, 1.165) is 30.8 Å². The van der Waals surface area contributed by atoms with Crippen LogP contribution in [0.5, 0.6) is 0 Å². The Morgan fingerprint density at radius 3 is 1.98 bits per heavy atom. The van der Waals surface area contributed by atoms with Gasteiger partial charge in [-0.2, -0.15) is 0 Å². The van der Waals surface area contributed by atoms with Gasteiger partial charge in [0.2, 0.25) is 0 Å². The number of carbonyl (C=O) groups is 3. The van der Waals surface area contributed by atoms with Crippen LogP contribution in [0, 0.1) is 11.6 Å². The zero-order chi connectivity index (χ0) is 30.6. The lowest BCUT2D eigenvalue weighted by atomic mass is 9.96. The first-order valence-corrected chi connectivity index (χ1v) is 12.6. The van der Waals surface area contributed by atoms with Crippen LogP contribution in [-0.4, -0.2) is 79.0 Å². The number of carboxylic acid groups (broad SMARTS) is 3. The van der Waals surface area contributed by atoms with E-state index in [1.165, 1.54) is 18.2 Å². The van der Waals surface area contributed by atoms with Gasteiger partial charge in [-0.3, -0.25) is 14.5 Å². The van der Waals surface area contributed by atoms with Crippen LogP contribution >= 0.6 is 0 Å². The Hall–Kier alpha value is -4.36. The third kappa shape index (κ3) is 11.0. The fraction of sp³-hybridized carbons (Fsp3) is 0.357. The molecular formula is C28H34F2N4O7. The number of halogens is 2. The molecule has 13 heteroatoms. The zero-order valence-electron chi connectivity index (χ0n) is 22.8. The van der Waals surface area contributed by atoms with Gasteiger partial charge < -0.3 is 29.9 Å². The first-order chi connectivity index (χ1) is 19.3. The van der Waals surface area contributed by atoms with Crippen molar-refractivity contribution >= 4 is 23.6 Å². The normalized spacial score (nSPS) is 11.1. The number of anilines is 1. The highest BCUT2D eigenvalue weighted by atomic mass is 19.1. The lowest BCUT2D eigenvalue weighted by molar-refractivity contribution is -0.170. The summed E-state index contributed by atoms with van der Waals surface area (Å²) in [5, 5.41) is 33.8. The van der Waals surface area contributed by atoms with E-state index in [9.17, 15) is 23.2 Å². The molecule has 0 aliphatic rings. The van der Waals surface area contributed by atoms with Crippen LogP contribution in [-0.2, 0) is 34.0 Å². The first-order valence-electron chi connectivity index (χ1n) is 12.6. The summed E-state index contributed by atoms with van der Waals surface area (Å²) in [5.74, 6) is -6.01. The maximum Gasteiger partial charge on any atom is 0.336 e. The number of aryl methyl sites for hydroxylation is 1. The van der Waals surface area contributed by atoms with E-state index in [-0.39, 0.29) is 12.1 Å². The van der Waals surface area contributed by atoms with Crippen molar-refractivity contribution in [1.29, 1.82) is 0 Å². The topological polar surface area (TPSA) is 156 Å². The van der Waals surface area contributed by atoms with Gasteiger partial charge in [-0.1, -0.05) is 18.2 Å². The van der Waals surface area contributed by atoms with Crippen LogP contribution in [0.1, 0.15) is 30.4 Å². The van der Waals surface area contributed by atoms with Crippen LogP contribution in [0.4, 0.5) is 14.5 Å². The number of aromatic nitrogens is 2. The van der Waals surface area contributed by atoms with Crippen molar-refractivity contribution < 1.29 is 43.6 Å². The van der Waals surface area contributed by atoms with Gasteiger partial charge in [0.15, 0.2) is 5.60 Å². The number of aliphatic carboxylic acids is 3. The highest BCUT2D eigenvalue weighted by Crippen LogP contribution is 2.19. The lowest BCUT2D eigenvalue weighted by Gasteiger charge is -2.23. The molecule has 222 valence electrons. The van der Waals surface area contributed by atoms with Gasteiger partial charge >= 0.3 is 17.9 Å². The van der Waals surface area contributed by atoms with E-state index < -0.39 is 48.0 Å². The quantitative estimate of drug-likeness (QED) is 0.225. The van der Waals surface area contributed by atoms with Gasteiger partial charge in [-0.25, -0.2) is 18.6 Å². The lowest BCUT2D eigenvalue weighted by Crippen LogP contribution is -2.42. The second kappa shape index (κ2) is 15.4. The van der Waals surface area contributed by atoms with Gasteiger partial charge in [0.25, 0.3) is 0 Å². The highest BCUT2D eigenvalue weighted by molar-refractivity contribution is 5.88. The highest BCUT2D eigenvalue weighted by Gasteiger charge is 2.40. The number of aliphatic hydroxyl groups is 1. The Labute approximate surface area is 235 Å². The molecule has 0 saturated carbocycles. The van der Waals surface area contributed by atoms with E-state index in [1.54, 1.807) is 12.5 Å². The van der Waals surface area contributed by atoms with E-state index in [2.05, 4.69) is 34.1 Å². The van der Waals surface area contributed by atoms with Crippen molar-refractivity contribution in [2.75, 3.05) is 25.5 Å². The molecule has 3 rings (SSSR count). The molecule has 0 amide bonds.